The fourth-order valence-corrected chi connectivity index (χ4v) is 5.35. The number of fused-ring (bicyclic) bond motifs is 1. The molecule has 1 N–H and O–H groups in total. The molecule has 2 fully saturated rings. The lowest BCUT2D eigenvalue weighted by Crippen LogP contribution is -2.47. The molecule has 2 saturated heterocycles. The maximum Gasteiger partial charge on any atom is 0.257 e. The van der Waals surface area contributed by atoms with Gasteiger partial charge < -0.3 is 19.4 Å². The van der Waals surface area contributed by atoms with Crippen LogP contribution < -0.4 is 0 Å². The number of carbonyl (C=O) groups excluding carboxylic acids is 1. The molecule has 0 aliphatic carbocycles. The second kappa shape index (κ2) is 8.19. The van der Waals surface area contributed by atoms with Crippen LogP contribution in [-0.2, 0) is 19.3 Å². The molecule has 0 saturated carbocycles. The largest absolute Gasteiger partial charge is 0.347 e. The molecule has 4 heterocycles. The minimum Gasteiger partial charge on any atom is -0.347 e. The van der Waals surface area contributed by atoms with Gasteiger partial charge >= 0.3 is 0 Å². The van der Waals surface area contributed by atoms with Gasteiger partial charge in [0.2, 0.25) is 0 Å². The van der Waals surface area contributed by atoms with Crippen molar-refractivity contribution in [3.8, 4) is 11.3 Å². The zero-order chi connectivity index (χ0) is 23.2. The zero-order valence-corrected chi connectivity index (χ0v) is 19.4. The van der Waals surface area contributed by atoms with E-state index in [2.05, 4.69) is 15.0 Å². The normalized spacial score (nSPS) is 18.5. The van der Waals surface area contributed by atoms with Gasteiger partial charge in [-0.3, -0.25) is 4.79 Å². The summed E-state index contributed by atoms with van der Waals surface area (Å²) in [6, 6.07) is 6.59. The maximum atomic E-state index is 13.2. The molecule has 0 bridgehead atoms. The van der Waals surface area contributed by atoms with E-state index in [-0.39, 0.29) is 10.8 Å². The van der Waals surface area contributed by atoms with Gasteiger partial charge in [0.1, 0.15) is 5.52 Å². The van der Waals surface area contributed by atoms with Gasteiger partial charge in [-0.2, -0.15) is 0 Å². The Morgan fingerprint density at radius 1 is 1.12 bits per heavy atom. The summed E-state index contributed by atoms with van der Waals surface area (Å²) in [5.74, 6) is -0.655. The van der Waals surface area contributed by atoms with E-state index in [0.29, 0.717) is 61.6 Å². The number of sulfone groups is 1. The molecule has 9 nitrogen and oxygen atoms in total. The minimum absolute atomic E-state index is 0.112. The lowest BCUT2D eigenvalue weighted by molar-refractivity contribution is -0.181. The maximum absolute atomic E-state index is 13.2. The number of benzene rings is 1. The van der Waals surface area contributed by atoms with Gasteiger partial charge in [-0.25, -0.2) is 18.4 Å². The van der Waals surface area contributed by atoms with Crippen molar-refractivity contribution in [3.63, 3.8) is 0 Å². The monoisotopic (exact) mass is 470 g/mol. The summed E-state index contributed by atoms with van der Waals surface area (Å²) in [5.41, 5.74) is 2.77. The van der Waals surface area contributed by atoms with Crippen molar-refractivity contribution < 1.29 is 22.7 Å². The molecule has 1 spiro atoms. The number of likely N-dealkylation sites (tertiary alicyclic amines) is 1. The fourth-order valence-electron chi connectivity index (χ4n) is 4.29. The first-order valence-corrected chi connectivity index (χ1v) is 12.6. The molecule has 174 valence electrons. The van der Waals surface area contributed by atoms with Crippen molar-refractivity contribution in [3.05, 3.63) is 42.2 Å². The molecule has 2 aromatic heterocycles. The van der Waals surface area contributed by atoms with Gasteiger partial charge in [0, 0.05) is 37.7 Å². The quantitative estimate of drug-likeness (QED) is 0.623. The summed E-state index contributed by atoms with van der Waals surface area (Å²) < 4.78 is 36.3. The topological polar surface area (TPSA) is 114 Å². The third kappa shape index (κ3) is 3.92. The Hall–Kier alpha value is -2.82. The van der Waals surface area contributed by atoms with Gasteiger partial charge in [-0.15, -0.1) is 0 Å². The van der Waals surface area contributed by atoms with E-state index >= 15 is 0 Å². The van der Waals surface area contributed by atoms with Crippen LogP contribution in [0.4, 0.5) is 0 Å². The van der Waals surface area contributed by atoms with Crippen LogP contribution in [0.5, 0.6) is 0 Å². The van der Waals surface area contributed by atoms with Crippen molar-refractivity contribution in [1.29, 1.82) is 0 Å². The summed E-state index contributed by atoms with van der Waals surface area (Å²) in [4.78, 5) is 27.4. The molecule has 2 aliphatic heterocycles. The number of piperidine rings is 1. The molecule has 0 unspecified atom stereocenters. The van der Waals surface area contributed by atoms with Crippen LogP contribution in [0.25, 0.3) is 22.4 Å². The van der Waals surface area contributed by atoms with E-state index in [0.717, 1.165) is 5.56 Å². The van der Waals surface area contributed by atoms with E-state index in [4.69, 9.17) is 9.47 Å². The number of rotatable bonds is 4. The van der Waals surface area contributed by atoms with Crippen LogP contribution in [-0.4, -0.2) is 71.5 Å². The van der Waals surface area contributed by atoms with Crippen LogP contribution in [0.3, 0.4) is 0 Å². The molecule has 0 atom stereocenters. The van der Waals surface area contributed by atoms with E-state index in [1.165, 1.54) is 0 Å². The Bertz CT molecular complexity index is 1280. The molecule has 5 rings (SSSR count). The van der Waals surface area contributed by atoms with Crippen LogP contribution in [0.2, 0.25) is 0 Å². The lowest BCUT2D eigenvalue weighted by atomic mass is 10.0. The van der Waals surface area contributed by atoms with E-state index in [1.807, 2.05) is 0 Å². The average molecular weight is 471 g/mol. The number of hydrogen-bond acceptors (Lipinski definition) is 7. The van der Waals surface area contributed by atoms with Gasteiger partial charge in [-0.05, 0) is 26.0 Å². The molecule has 1 aromatic carbocycles. The predicted octanol–water partition coefficient (Wildman–Crippen LogP) is 2.79. The summed E-state index contributed by atoms with van der Waals surface area (Å²) in [6.07, 6.45) is 4.54. The SMILES string of the molecule is CC(C)S(=O)(=O)c1ccc(-c2cnc3[nH]cc(C(=O)N4CCC5(CC4)OCCO5)c3n2)cc1. The standard InChI is InChI=1S/C23H26N4O5S/c1-15(2)33(29,30)17-5-3-16(4-6-17)19-14-25-21-20(26-19)18(13-24-21)22(28)27-9-7-23(8-10-27)31-11-12-32-23/h3-6,13-15H,7-12H2,1-2H3,(H,24,25). The first-order valence-electron chi connectivity index (χ1n) is 11.0. The number of aromatic amines is 1. The predicted molar refractivity (Wildman–Crippen MR) is 121 cm³/mol. The second-order valence-electron chi connectivity index (χ2n) is 8.67. The Kier molecular flexibility index (Phi) is 5.46. The minimum atomic E-state index is -3.35. The Balaban J connectivity index is 1.40. The third-order valence-corrected chi connectivity index (χ3v) is 8.51. The molecule has 2 aliphatic rings. The average Bonchev–Trinajstić information content (AvgIpc) is 3.46. The van der Waals surface area contributed by atoms with Crippen molar-refractivity contribution in [2.24, 2.45) is 0 Å². The molecule has 10 heteroatoms. The highest BCUT2D eigenvalue weighted by Crippen LogP contribution is 2.32. The highest BCUT2D eigenvalue weighted by Gasteiger charge is 2.41. The lowest BCUT2D eigenvalue weighted by Gasteiger charge is -2.37. The highest BCUT2D eigenvalue weighted by atomic mass is 32.2. The van der Waals surface area contributed by atoms with Crippen molar-refractivity contribution in [2.75, 3.05) is 26.3 Å². The number of H-pyrrole nitrogens is 1. The number of aromatic nitrogens is 3. The van der Waals surface area contributed by atoms with Crippen molar-refractivity contribution in [1.82, 2.24) is 19.9 Å². The van der Waals surface area contributed by atoms with E-state index in [9.17, 15) is 13.2 Å². The fraction of sp³-hybridized carbons (Fsp3) is 0.435. The molecular formula is C23H26N4O5S. The Morgan fingerprint density at radius 3 is 2.42 bits per heavy atom. The molecule has 1 amide bonds. The number of nitrogens with one attached hydrogen (secondary N) is 1. The first kappa shape index (κ1) is 22.0. The summed E-state index contributed by atoms with van der Waals surface area (Å²) in [7, 11) is -3.35. The van der Waals surface area contributed by atoms with E-state index < -0.39 is 20.9 Å². The zero-order valence-electron chi connectivity index (χ0n) is 18.6. The summed E-state index contributed by atoms with van der Waals surface area (Å²) >= 11 is 0. The van der Waals surface area contributed by atoms with E-state index in [1.54, 1.807) is 55.4 Å². The van der Waals surface area contributed by atoms with Crippen molar-refractivity contribution >= 4 is 26.9 Å². The smallest absolute Gasteiger partial charge is 0.257 e. The number of nitrogens with zero attached hydrogens (tertiary/aromatic N) is 3. The first-order chi connectivity index (χ1) is 15.8. The number of hydrogen-bond donors (Lipinski definition) is 1. The van der Waals surface area contributed by atoms with Gasteiger partial charge in [0.25, 0.3) is 5.91 Å². The number of amides is 1. The molecule has 0 radical (unpaired) electrons. The van der Waals surface area contributed by atoms with Gasteiger partial charge in [-0.1, -0.05) is 12.1 Å². The van der Waals surface area contributed by atoms with Crippen LogP contribution in [0.15, 0.2) is 41.6 Å². The van der Waals surface area contributed by atoms with Crippen LogP contribution in [0.1, 0.15) is 37.0 Å². The number of ether oxygens (including phenoxy) is 2. The molecular weight excluding hydrogens is 444 g/mol. The summed E-state index contributed by atoms with van der Waals surface area (Å²) in [5, 5.41) is -0.496. The Morgan fingerprint density at radius 2 is 1.79 bits per heavy atom. The second-order valence-corrected chi connectivity index (χ2v) is 11.2. The van der Waals surface area contributed by atoms with Crippen LogP contribution >= 0.6 is 0 Å². The summed E-state index contributed by atoms with van der Waals surface area (Å²) in [6.45, 7) is 5.60. The highest BCUT2D eigenvalue weighted by molar-refractivity contribution is 7.92. The van der Waals surface area contributed by atoms with Gasteiger partial charge in [0.05, 0.1) is 40.8 Å². The van der Waals surface area contributed by atoms with Gasteiger partial charge in [0.15, 0.2) is 21.3 Å². The van der Waals surface area contributed by atoms with Crippen molar-refractivity contribution in [2.45, 2.75) is 42.6 Å². The third-order valence-electron chi connectivity index (χ3n) is 6.34. The Labute approximate surface area is 192 Å². The molecule has 33 heavy (non-hydrogen) atoms. The van der Waals surface area contributed by atoms with Crippen LogP contribution in [0, 0.1) is 0 Å². The number of carbonyl (C=O) groups is 1. The molecule has 3 aromatic rings.